The summed E-state index contributed by atoms with van der Waals surface area (Å²) in [5, 5.41) is 3.44. The van der Waals surface area contributed by atoms with E-state index < -0.39 is 0 Å². The molecule has 2 rings (SSSR count). The number of rotatable bonds is 8. The molecule has 112 valence electrons. The third kappa shape index (κ3) is 5.48. The van der Waals surface area contributed by atoms with Gasteiger partial charge in [0.05, 0.1) is 6.61 Å². The highest BCUT2D eigenvalue weighted by Gasteiger charge is 1.96. The van der Waals surface area contributed by atoms with Gasteiger partial charge in [-0.05, 0) is 42.8 Å². The van der Waals surface area contributed by atoms with Crippen molar-refractivity contribution in [3.8, 4) is 5.75 Å². The standard InChI is InChI=1S/C18H24N2O/c1-20(2)17-11-9-16(10-12-17)15-19-13-6-14-21-18-7-4-3-5-8-18/h3-5,7-12,19H,6,13-15H2,1-2H3. The summed E-state index contributed by atoms with van der Waals surface area (Å²) in [7, 11) is 4.11. The van der Waals surface area contributed by atoms with Gasteiger partial charge in [0.25, 0.3) is 0 Å². The van der Waals surface area contributed by atoms with E-state index >= 15 is 0 Å². The van der Waals surface area contributed by atoms with Gasteiger partial charge < -0.3 is 15.0 Å². The average molecular weight is 284 g/mol. The lowest BCUT2D eigenvalue weighted by atomic mass is 10.2. The topological polar surface area (TPSA) is 24.5 Å². The molecule has 0 aromatic heterocycles. The van der Waals surface area contributed by atoms with Crippen LogP contribution >= 0.6 is 0 Å². The molecule has 0 atom stereocenters. The fourth-order valence-electron chi connectivity index (χ4n) is 2.05. The van der Waals surface area contributed by atoms with E-state index in [0.717, 1.165) is 31.9 Å². The molecule has 0 amide bonds. The Morgan fingerprint density at radius 2 is 1.67 bits per heavy atom. The van der Waals surface area contributed by atoms with Crippen molar-refractivity contribution in [2.75, 3.05) is 32.1 Å². The van der Waals surface area contributed by atoms with E-state index in [0.29, 0.717) is 0 Å². The first kappa shape index (κ1) is 15.4. The summed E-state index contributed by atoms with van der Waals surface area (Å²) < 4.78 is 5.65. The molecule has 0 aliphatic heterocycles. The van der Waals surface area contributed by atoms with Crippen molar-refractivity contribution in [1.82, 2.24) is 5.32 Å². The van der Waals surface area contributed by atoms with E-state index in [2.05, 4.69) is 48.6 Å². The van der Waals surface area contributed by atoms with Crippen molar-refractivity contribution < 1.29 is 4.74 Å². The van der Waals surface area contributed by atoms with Crippen molar-refractivity contribution >= 4 is 5.69 Å². The maximum absolute atomic E-state index is 5.65. The van der Waals surface area contributed by atoms with Crippen molar-refractivity contribution in [3.63, 3.8) is 0 Å². The van der Waals surface area contributed by atoms with Crippen LogP contribution in [-0.4, -0.2) is 27.2 Å². The van der Waals surface area contributed by atoms with Crippen molar-refractivity contribution in [2.24, 2.45) is 0 Å². The lowest BCUT2D eigenvalue weighted by Gasteiger charge is -2.13. The van der Waals surface area contributed by atoms with Crippen LogP contribution in [0.25, 0.3) is 0 Å². The highest BCUT2D eigenvalue weighted by atomic mass is 16.5. The SMILES string of the molecule is CN(C)c1ccc(CNCCCOc2ccccc2)cc1. The Kier molecular flexibility index (Phi) is 6.10. The predicted molar refractivity (Wildman–Crippen MR) is 89.0 cm³/mol. The second-order valence-electron chi connectivity index (χ2n) is 5.25. The van der Waals surface area contributed by atoms with Crippen LogP contribution in [0.2, 0.25) is 0 Å². The minimum atomic E-state index is 0.747. The molecule has 2 aromatic rings. The van der Waals surface area contributed by atoms with E-state index in [1.807, 2.05) is 30.3 Å². The first-order valence-electron chi connectivity index (χ1n) is 7.40. The molecule has 0 unspecified atom stereocenters. The second-order valence-corrected chi connectivity index (χ2v) is 5.25. The van der Waals surface area contributed by atoms with Crippen LogP contribution in [-0.2, 0) is 6.54 Å². The first-order valence-corrected chi connectivity index (χ1v) is 7.40. The Labute approximate surface area is 127 Å². The zero-order valence-electron chi connectivity index (χ0n) is 12.9. The Hall–Kier alpha value is -2.00. The second kappa shape index (κ2) is 8.32. The number of para-hydroxylation sites is 1. The quantitative estimate of drug-likeness (QED) is 0.753. The van der Waals surface area contributed by atoms with Crippen LogP contribution in [0.3, 0.4) is 0 Å². The normalized spacial score (nSPS) is 10.4. The van der Waals surface area contributed by atoms with Crippen molar-refractivity contribution in [3.05, 3.63) is 60.2 Å². The van der Waals surface area contributed by atoms with E-state index in [1.165, 1.54) is 11.3 Å². The van der Waals surface area contributed by atoms with Crippen LogP contribution in [0.4, 0.5) is 5.69 Å². The van der Waals surface area contributed by atoms with Crippen molar-refractivity contribution in [1.29, 1.82) is 0 Å². The number of anilines is 1. The highest BCUT2D eigenvalue weighted by molar-refractivity contribution is 5.45. The number of benzene rings is 2. The zero-order chi connectivity index (χ0) is 14.9. The van der Waals surface area contributed by atoms with Gasteiger partial charge in [-0.25, -0.2) is 0 Å². The fraction of sp³-hybridized carbons (Fsp3) is 0.333. The summed E-state index contributed by atoms with van der Waals surface area (Å²) in [5.74, 6) is 0.941. The molecule has 0 saturated carbocycles. The molecule has 0 aliphatic carbocycles. The number of nitrogens with one attached hydrogen (secondary N) is 1. The third-order valence-corrected chi connectivity index (χ3v) is 3.29. The van der Waals surface area contributed by atoms with Gasteiger partial charge in [-0.3, -0.25) is 0 Å². The average Bonchev–Trinajstić information content (AvgIpc) is 2.52. The number of hydrogen-bond donors (Lipinski definition) is 1. The molecule has 0 bridgehead atoms. The molecule has 0 aliphatic rings. The molecule has 0 fully saturated rings. The van der Waals surface area contributed by atoms with Gasteiger partial charge in [-0.1, -0.05) is 30.3 Å². The Balaban J connectivity index is 1.59. The molecule has 3 heteroatoms. The molecule has 21 heavy (non-hydrogen) atoms. The maximum atomic E-state index is 5.65. The monoisotopic (exact) mass is 284 g/mol. The largest absolute Gasteiger partial charge is 0.494 e. The third-order valence-electron chi connectivity index (χ3n) is 3.29. The minimum absolute atomic E-state index is 0.747. The molecule has 0 spiro atoms. The number of ether oxygens (including phenoxy) is 1. The number of hydrogen-bond acceptors (Lipinski definition) is 3. The van der Waals surface area contributed by atoms with Gasteiger partial charge in [0.2, 0.25) is 0 Å². The van der Waals surface area contributed by atoms with Crippen LogP contribution in [0.1, 0.15) is 12.0 Å². The molecule has 0 radical (unpaired) electrons. The van der Waals surface area contributed by atoms with E-state index in [1.54, 1.807) is 0 Å². The molecular weight excluding hydrogens is 260 g/mol. The van der Waals surface area contributed by atoms with Crippen molar-refractivity contribution in [2.45, 2.75) is 13.0 Å². The Bertz CT molecular complexity index is 509. The lowest BCUT2D eigenvalue weighted by Crippen LogP contribution is -2.17. The van der Waals surface area contributed by atoms with Gasteiger partial charge in [0.1, 0.15) is 5.75 Å². The predicted octanol–water partition coefficient (Wildman–Crippen LogP) is 3.31. The summed E-state index contributed by atoms with van der Waals surface area (Å²) in [6.07, 6.45) is 1.00. The van der Waals surface area contributed by atoms with Crippen LogP contribution < -0.4 is 15.0 Å². The van der Waals surface area contributed by atoms with Crippen LogP contribution in [0, 0.1) is 0 Å². The number of nitrogens with zero attached hydrogens (tertiary/aromatic N) is 1. The Morgan fingerprint density at radius 1 is 0.952 bits per heavy atom. The van der Waals surface area contributed by atoms with Gasteiger partial charge in [0.15, 0.2) is 0 Å². The van der Waals surface area contributed by atoms with Crippen LogP contribution in [0.15, 0.2) is 54.6 Å². The van der Waals surface area contributed by atoms with E-state index in [-0.39, 0.29) is 0 Å². The van der Waals surface area contributed by atoms with Crippen LogP contribution in [0.5, 0.6) is 5.75 Å². The lowest BCUT2D eigenvalue weighted by molar-refractivity contribution is 0.308. The molecule has 1 N–H and O–H groups in total. The van der Waals surface area contributed by atoms with Gasteiger partial charge in [-0.2, -0.15) is 0 Å². The molecular formula is C18H24N2O. The van der Waals surface area contributed by atoms with E-state index in [4.69, 9.17) is 4.74 Å². The molecule has 0 saturated heterocycles. The zero-order valence-corrected chi connectivity index (χ0v) is 12.9. The first-order chi connectivity index (χ1) is 10.3. The van der Waals surface area contributed by atoms with Gasteiger partial charge in [-0.15, -0.1) is 0 Å². The fourth-order valence-corrected chi connectivity index (χ4v) is 2.05. The molecule has 3 nitrogen and oxygen atoms in total. The minimum Gasteiger partial charge on any atom is -0.494 e. The summed E-state index contributed by atoms with van der Waals surface area (Å²) in [4.78, 5) is 2.11. The highest BCUT2D eigenvalue weighted by Crippen LogP contribution is 2.12. The van der Waals surface area contributed by atoms with Gasteiger partial charge >= 0.3 is 0 Å². The summed E-state index contributed by atoms with van der Waals surface area (Å²) in [6.45, 7) is 2.61. The summed E-state index contributed by atoms with van der Waals surface area (Å²) >= 11 is 0. The molecule has 0 heterocycles. The van der Waals surface area contributed by atoms with Gasteiger partial charge in [0, 0.05) is 26.3 Å². The summed E-state index contributed by atoms with van der Waals surface area (Å²) in [5.41, 5.74) is 2.54. The summed E-state index contributed by atoms with van der Waals surface area (Å²) in [6, 6.07) is 18.6. The smallest absolute Gasteiger partial charge is 0.119 e. The molecule has 2 aromatic carbocycles. The van der Waals surface area contributed by atoms with E-state index in [9.17, 15) is 0 Å². The Morgan fingerprint density at radius 3 is 2.33 bits per heavy atom. The maximum Gasteiger partial charge on any atom is 0.119 e.